The van der Waals surface area contributed by atoms with Gasteiger partial charge in [0.15, 0.2) is 12.3 Å². The van der Waals surface area contributed by atoms with Crippen LogP contribution >= 0.6 is 21.8 Å². The molecule has 0 amide bonds. The van der Waals surface area contributed by atoms with Crippen LogP contribution in [0.2, 0.25) is 0 Å². The second-order valence-electron chi connectivity index (χ2n) is 4.76. The highest BCUT2D eigenvalue weighted by Crippen LogP contribution is 2.37. The average molecular weight is 369 g/mol. The number of aliphatic hydroxyl groups is 1. The van der Waals surface area contributed by atoms with Gasteiger partial charge in [0.25, 0.3) is 5.56 Å². The van der Waals surface area contributed by atoms with E-state index in [1.165, 1.54) is 20.2 Å². The molecule has 1 aliphatic rings. The predicted octanol–water partition coefficient (Wildman–Crippen LogP) is -1.02. The summed E-state index contributed by atoms with van der Waals surface area (Å²) in [6, 6.07) is 1.12. The van der Waals surface area contributed by atoms with Crippen molar-refractivity contribution in [3.63, 3.8) is 0 Å². The number of aromatic nitrogens is 2. The molecule has 1 fully saturated rings. The number of hydrogen-bond acceptors (Lipinski definition) is 7. The third-order valence-electron chi connectivity index (χ3n) is 3.31. The van der Waals surface area contributed by atoms with Crippen molar-refractivity contribution in [1.82, 2.24) is 9.55 Å². The first-order valence-electron chi connectivity index (χ1n) is 6.36. The van der Waals surface area contributed by atoms with Gasteiger partial charge < -0.3 is 14.6 Å². The van der Waals surface area contributed by atoms with E-state index in [9.17, 15) is 19.3 Å². The Morgan fingerprint density at radius 3 is 2.57 bits per heavy atom. The number of aliphatic hydroxyl groups excluding tert-OH is 1. The standard InChI is InChI=1S/C11H15N2O8P.H2S/c1-5(14)7-8(21-22(17)18)9(19-2)10(20-7)13-4-3-6(15)12-11(13)16;/h3-5,7-10,14H,1-2H3,(H-,12,15,16,17,18);1H2/p+1/t5-,7-,8?,9+,10-;/m1./s1. The first-order valence-corrected chi connectivity index (χ1v) is 7.49. The zero-order valence-electron chi connectivity index (χ0n) is 12.3. The van der Waals surface area contributed by atoms with Crippen LogP contribution in [0.5, 0.6) is 0 Å². The molecule has 3 N–H and O–H groups in total. The molecule has 2 heterocycles. The summed E-state index contributed by atoms with van der Waals surface area (Å²) in [5, 5.41) is 9.74. The third-order valence-corrected chi connectivity index (χ3v) is 3.73. The van der Waals surface area contributed by atoms with Crippen LogP contribution in [-0.4, -0.2) is 51.1 Å². The molecule has 0 aliphatic carbocycles. The van der Waals surface area contributed by atoms with Gasteiger partial charge in [-0.1, -0.05) is 0 Å². The van der Waals surface area contributed by atoms with Crippen LogP contribution in [0.15, 0.2) is 21.9 Å². The van der Waals surface area contributed by atoms with Crippen molar-refractivity contribution in [3.05, 3.63) is 33.1 Å². The van der Waals surface area contributed by atoms with Gasteiger partial charge in [0.2, 0.25) is 0 Å². The van der Waals surface area contributed by atoms with Gasteiger partial charge in [0.1, 0.15) is 12.2 Å². The quantitative estimate of drug-likeness (QED) is 0.560. The van der Waals surface area contributed by atoms with Crippen molar-refractivity contribution in [1.29, 1.82) is 0 Å². The molecule has 1 aromatic heterocycles. The third kappa shape index (κ3) is 4.27. The fraction of sp³-hybridized carbons (Fsp3) is 0.636. The van der Waals surface area contributed by atoms with E-state index in [-0.39, 0.29) is 13.5 Å². The molecule has 23 heavy (non-hydrogen) atoms. The van der Waals surface area contributed by atoms with E-state index < -0.39 is 50.1 Å². The van der Waals surface area contributed by atoms with Crippen LogP contribution in [0.1, 0.15) is 13.2 Å². The van der Waals surface area contributed by atoms with Crippen molar-refractivity contribution in [2.75, 3.05) is 7.11 Å². The van der Waals surface area contributed by atoms with Crippen LogP contribution < -0.4 is 11.2 Å². The summed E-state index contributed by atoms with van der Waals surface area (Å²) in [5.74, 6) is 0. The van der Waals surface area contributed by atoms with E-state index in [2.05, 4.69) is 4.98 Å². The Morgan fingerprint density at radius 1 is 1.43 bits per heavy atom. The predicted molar refractivity (Wildman–Crippen MR) is 82.8 cm³/mol. The lowest BCUT2D eigenvalue weighted by Gasteiger charge is -2.19. The summed E-state index contributed by atoms with van der Waals surface area (Å²) in [6.07, 6.45) is -3.86. The number of nitrogens with one attached hydrogen (secondary N) is 1. The number of ether oxygens (including phenoxy) is 2. The summed E-state index contributed by atoms with van der Waals surface area (Å²) in [7, 11) is -1.65. The molecule has 130 valence electrons. The maximum absolute atomic E-state index is 11.9. The molecular weight excluding hydrogens is 351 g/mol. The summed E-state index contributed by atoms with van der Waals surface area (Å²) in [6.45, 7) is 1.41. The Kier molecular flexibility index (Phi) is 7.08. The van der Waals surface area contributed by atoms with E-state index in [0.29, 0.717) is 0 Å². The number of hydrogen-bond donors (Lipinski definition) is 3. The fourth-order valence-corrected chi connectivity index (χ4v) is 2.83. The van der Waals surface area contributed by atoms with Crippen LogP contribution in [0.4, 0.5) is 0 Å². The van der Waals surface area contributed by atoms with E-state index >= 15 is 0 Å². The minimum Gasteiger partial charge on any atom is -0.391 e. The Labute approximate surface area is 138 Å². The van der Waals surface area contributed by atoms with Crippen LogP contribution in [0.25, 0.3) is 0 Å². The molecule has 2 unspecified atom stereocenters. The molecule has 10 nitrogen and oxygen atoms in total. The van der Waals surface area contributed by atoms with Gasteiger partial charge in [-0.05, 0) is 6.92 Å². The minimum absolute atomic E-state index is 0. The number of H-pyrrole nitrogens is 1. The lowest BCUT2D eigenvalue weighted by molar-refractivity contribution is -0.0817. The van der Waals surface area contributed by atoms with Crippen molar-refractivity contribution < 1.29 is 28.6 Å². The minimum atomic E-state index is -2.96. The molecule has 1 saturated heterocycles. The number of aromatic amines is 1. The van der Waals surface area contributed by atoms with Gasteiger partial charge in [0.05, 0.1) is 6.10 Å². The normalized spacial score (nSPS) is 29.0. The number of rotatable bonds is 5. The smallest absolute Gasteiger partial charge is 0.391 e. The van der Waals surface area contributed by atoms with Gasteiger partial charge in [0, 0.05) is 23.9 Å². The van der Waals surface area contributed by atoms with Crippen molar-refractivity contribution in [3.8, 4) is 0 Å². The molecular formula is C11H18N2O8PS+. The second-order valence-corrected chi connectivity index (χ2v) is 5.44. The maximum atomic E-state index is 11.9. The van der Waals surface area contributed by atoms with Gasteiger partial charge >= 0.3 is 13.9 Å². The zero-order valence-corrected chi connectivity index (χ0v) is 14.2. The summed E-state index contributed by atoms with van der Waals surface area (Å²) < 4.78 is 27.6. The van der Waals surface area contributed by atoms with Gasteiger partial charge in [-0.2, -0.15) is 13.5 Å². The largest absolute Gasteiger partial charge is 0.695 e. The van der Waals surface area contributed by atoms with Crippen molar-refractivity contribution in [2.45, 2.75) is 37.6 Å². The molecule has 12 heteroatoms. The lowest BCUT2D eigenvalue weighted by atomic mass is 10.1. The van der Waals surface area contributed by atoms with Crippen molar-refractivity contribution >= 4 is 21.8 Å². The molecule has 0 bridgehead atoms. The van der Waals surface area contributed by atoms with Gasteiger partial charge in [-0.15, -0.1) is 9.42 Å². The summed E-state index contributed by atoms with van der Waals surface area (Å²) >= 11 is 0. The van der Waals surface area contributed by atoms with Crippen LogP contribution in [0, 0.1) is 0 Å². The second kappa shape index (κ2) is 8.15. The van der Waals surface area contributed by atoms with E-state index in [0.717, 1.165) is 10.6 Å². The lowest BCUT2D eigenvalue weighted by Crippen LogP contribution is -2.40. The molecule has 0 aromatic carbocycles. The maximum Gasteiger partial charge on any atom is 0.695 e. The molecule has 1 aliphatic heterocycles. The Balaban J connectivity index is 0.00000264. The molecule has 2 rings (SSSR count). The van der Waals surface area contributed by atoms with E-state index in [1.54, 1.807) is 0 Å². The molecule has 0 saturated carbocycles. The van der Waals surface area contributed by atoms with Crippen LogP contribution in [0.3, 0.4) is 0 Å². The van der Waals surface area contributed by atoms with Crippen molar-refractivity contribution in [2.24, 2.45) is 0 Å². The fourth-order valence-electron chi connectivity index (χ4n) is 2.38. The molecule has 1 aromatic rings. The highest BCUT2D eigenvalue weighted by atomic mass is 32.1. The number of methoxy groups -OCH3 is 1. The summed E-state index contributed by atoms with van der Waals surface area (Å²) in [5.41, 5.74) is -1.32. The highest BCUT2D eigenvalue weighted by molar-refractivity contribution is 7.59. The number of nitrogens with zero attached hydrogens (tertiary/aromatic N) is 1. The first-order chi connectivity index (χ1) is 10.3. The Bertz CT molecular complexity index is 662. The monoisotopic (exact) mass is 369 g/mol. The highest BCUT2D eigenvalue weighted by Gasteiger charge is 2.52. The van der Waals surface area contributed by atoms with Gasteiger partial charge in [-0.25, -0.2) is 4.79 Å². The SMILES string of the molecule is CO[C@H]1C(O[P+](=O)O)[C@@H]([C@@H](C)O)O[C@H]1n1ccc(=O)[nH]c1=O.S. The van der Waals surface area contributed by atoms with Gasteiger partial charge in [-0.3, -0.25) is 14.3 Å². The summed E-state index contributed by atoms with van der Waals surface area (Å²) in [4.78, 5) is 34.0. The zero-order chi connectivity index (χ0) is 16.4. The molecule has 0 spiro atoms. The molecule has 6 atom stereocenters. The first kappa shape index (κ1) is 20.0. The Hall–Kier alpha value is -1.07. The molecule has 0 radical (unpaired) electrons. The average Bonchev–Trinajstić information content (AvgIpc) is 2.76. The Morgan fingerprint density at radius 2 is 2.09 bits per heavy atom. The van der Waals surface area contributed by atoms with E-state index in [4.69, 9.17) is 18.9 Å². The van der Waals surface area contributed by atoms with E-state index in [1.807, 2.05) is 0 Å². The topological polar surface area (TPSA) is 140 Å². The van der Waals surface area contributed by atoms with Crippen LogP contribution in [-0.2, 0) is 18.6 Å².